The molecule has 0 atom stereocenters. The lowest BCUT2D eigenvalue weighted by Crippen LogP contribution is -2.35. The second-order valence-corrected chi connectivity index (χ2v) is 8.58. The maximum Gasteiger partial charge on any atom is 0.120 e. The molecular weight excluding hydrogens is 334 g/mol. The molecule has 1 fully saturated rings. The molecule has 0 aliphatic carbocycles. The standard InChI is InChI=1S/C16H19NO2S3/c1-10-15(21-22-16(10)20)11-2-3-14(19)12(8-11)9-17-6-4-13(18)5-7-17/h2-3,8,13,18-19H,4-7,9H2,1H3. The number of benzene rings is 1. The molecule has 1 aliphatic heterocycles. The summed E-state index contributed by atoms with van der Waals surface area (Å²) in [4.78, 5) is 3.49. The molecule has 6 heteroatoms. The van der Waals surface area contributed by atoms with Gasteiger partial charge in [-0.2, -0.15) is 0 Å². The smallest absolute Gasteiger partial charge is 0.120 e. The zero-order chi connectivity index (χ0) is 15.7. The second kappa shape index (κ2) is 6.76. The van der Waals surface area contributed by atoms with E-state index in [1.54, 1.807) is 26.7 Å². The van der Waals surface area contributed by atoms with Gasteiger partial charge in [-0.25, -0.2) is 0 Å². The first-order chi connectivity index (χ1) is 10.5. The van der Waals surface area contributed by atoms with Gasteiger partial charge in [0.05, 0.1) is 11.0 Å². The molecule has 3 nitrogen and oxygen atoms in total. The summed E-state index contributed by atoms with van der Waals surface area (Å²) in [6, 6.07) is 5.80. The van der Waals surface area contributed by atoms with Crippen LogP contribution in [0.15, 0.2) is 18.2 Å². The average molecular weight is 354 g/mol. The zero-order valence-electron chi connectivity index (χ0n) is 12.4. The second-order valence-electron chi connectivity index (χ2n) is 5.76. The summed E-state index contributed by atoms with van der Waals surface area (Å²) >= 11 is 5.32. The first-order valence-electron chi connectivity index (χ1n) is 7.37. The van der Waals surface area contributed by atoms with Crippen molar-refractivity contribution in [1.29, 1.82) is 0 Å². The highest BCUT2D eigenvalue weighted by Gasteiger charge is 2.18. The molecular formula is C16H19NO2S3. The van der Waals surface area contributed by atoms with Crippen molar-refractivity contribution in [2.45, 2.75) is 32.4 Å². The van der Waals surface area contributed by atoms with Gasteiger partial charge in [-0.05, 0) is 49.1 Å². The van der Waals surface area contributed by atoms with Gasteiger partial charge in [-0.15, -0.1) is 0 Å². The first-order valence-corrected chi connectivity index (χ1v) is 9.93. The SMILES string of the molecule is Cc1c(-c2ccc(O)c(CN3CCC(O)CC3)c2)ssc1=S. The van der Waals surface area contributed by atoms with Crippen LogP contribution in [-0.2, 0) is 6.54 Å². The van der Waals surface area contributed by atoms with E-state index in [1.165, 1.54) is 4.88 Å². The molecule has 2 heterocycles. The van der Waals surface area contributed by atoms with Gasteiger partial charge in [-0.3, -0.25) is 4.90 Å². The van der Waals surface area contributed by atoms with Crippen LogP contribution in [0.1, 0.15) is 24.0 Å². The van der Waals surface area contributed by atoms with Crippen molar-refractivity contribution < 1.29 is 10.2 Å². The van der Waals surface area contributed by atoms with E-state index >= 15 is 0 Å². The largest absolute Gasteiger partial charge is 0.508 e. The third-order valence-corrected chi connectivity index (χ3v) is 7.51. The van der Waals surface area contributed by atoms with Crippen molar-refractivity contribution in [1.82, 2.24) is 4.90 Å². The highest BCUT2D eigenvalue weighted by Crippen LogP contribution is 2.36. The van der Waals surface area contributed by atoms with E-state index < -0.39 is 0 Å². The fourth-order valence-electron chi connectivity index (χ4n) is 2.73. The van der Waals surface area contributed by atoms with Crippen molar-refractivity contribution in [3.8, 4) is 16.2 Å². The number of phenols is 1. The average Bonchev–Trinajstić information content (AvgIpc) is 2.84. The molecule has 0 amide bonds. The van der Waals surface area contributed by atoms with Crippen LogP contribution in [0.2, 0.25) is 0 Å². The van der Waals surface area contributed by atoms with Gasteiger partial charge >= 0.3 is 0 Å². The van der Waals surface area contributed by atoms with Gasteiger partial charge in [0.25, 0.3) is 0 Å². The van der Waals surface area contributed by atoms with Crippen LogP contribution in [0.5, 0.6) is 5.75 Å². The summed E-state index contributed by atoms with van der Waals surface area (Å²) in [7, 11) is 3.33. The molecule has 1 aliphatic rings. The Morgan fingerprint density at radius 1 is 1.27 bits per heavy atom. The lowest BCUT2D eigenvalue weighted by Gasteiger charge is -2.29. The molecule has 118 valence electrons. The fourth-order valence-corrected chi connectivity index (χ4v) is 5.62. The van der Waals surface area contributed by atoms with Crippen LogP contribution in [0, 0.1) is 10.7 Å². The number of piperidine rings is 1. The third kappa shape index (κ3) is 3.41. The van der Waals surface area contributed by atoms with Gasteiger partial charge < -0.3 is 10.2 Å². The number of aliphatic hydroxyl groups excluding tert-OH is 1. The number of rotatable bonds is 3. The lowest BCUT2D eigenvalue weighted by molar-refractivity contribution is 0.0789. The number of nitrogens with zero attached hydrogens (tertiary/aromatic N) is 1. The minimum absolute atomic E-state index is 0.170. The van der Waals surface area contributed by atoms with E-state index in [4.69, 9.17) is 12.2 Å². The molecule has 1 aromatic heterocycles. The van der Waals surface area contributed by atoms with Crippen molar-refractivity contribution >= 4 is 32.9 Å². The summed E-state index contributed by atoms with van der Waals surface area (Å²) < 4.78 is 0.944. The highest BCUT2D eigenvalue weighted by atomic mass is 32.9. The van der Waals surface area contributed by atoms with Gasteiger partial charge in [0.2, 0.25) is 0 Å². The van der Waals surface area contributed by atoms with Crippen LogP contribution >= 0.6 is 32.9 Å². The summed E-state index contributed by atoms with van der Waals surface area (Å²) in [6.45, 7) is 4.53. The minimum atomic E-state index is -0.170. The number of hydrogen-bond donors (Lipinski definition) is 2. The van der Waals surface area contributed by atoms with Crippen LogP contribution in [0.25, 0.3) is 10.4 Å². The number of likely N-dealkylation sites (tertiary alicyclic amines) is 1. The monoisotopic (exact) mass is 353 g/mol. The van der Waals surface area contributed by atoms with Crippen LogP contribution in [0.4, 0.5) is 0 Å². The molecule has 1 aromatic carbocycles. The molecule has 22 heavy (non-hydrogen) atoms. The maximum atomic E-state index is 10.1. The van der Waals surface area contributed by atoms with Crippen LogP contribution < -0.4 is 0 Å². The third-order valence-electron chi connectivity index (χ3n) is 4.14. The van der Waals surface area contributed by atoms with E-state index in [0.29, 0.717) is 5.75 Å². The molecule has 0 bridgehead atoms. The predicted molar refractivity (Wildman–Crippen MR) is 95.4 cm³/mol. The van der Waals surface area contributed by atoms with E-state index in [9.17, 15) is 10.2 Å². The fraction of sp³-hybridized carbons (Fsp3) is 0.438. The van der Waals surface area contributed by atoms with Crippen molar-refractivity contribution in [2.24, 2.45) is 0 Å². The topological polar surface area (TPSA) is 43.7 Å². The summed E-state index contributed by atoms with van der Waals surface area (Å²) in [6.07, 6.45) is 1.45. The molecule has 0 saturated carbocycles. The van der Waals surface area contributed by atoms with Crippen molar-refractivity contribution in [3.63, 3.8) is 0 Å². The molecule has 3 rings (SSSR count). The maximum absolute atomic E-state index is 10.1. The molecule has 0 radical (unpaired) electrons. The molecule has 0 spiro atoms. The van der Waals surface area contributed by atoms with Gasteiger partial charge in [0.1, 0.15) is 9.57 Å². The zero-order valence-corrected chi connectivity index (χ0v) is 14.9. The summed E-state index contributed by atoms with van der Waals surface area (Å²) in [5.41, 5.74) is 3.22. The quantitative estimate of drug-likeness (QED) is 0.642. The highest BCUT2D eigenvalue weighted by molar-refractivity contribution is 7.80. The van der Waals surface area contributed by atoms with E-state index in [-0.39, 0.29) is 6.10 Å². The van der Waals surface area contributed by atoms with Gasteiger partial charge in [-0.1, -0.05) is 32.9 Å². The Morgan fingerprint density at radius 3 is 2.64 bits per heavy atom. The first kappa shape index (κ1) is 16.1. The predicted octanol–water partition coefficient (Wildman–Crippen LogP) is 4.18. The van der Waals surface area contributed by atoms with Gasteiger partial charge in [0, 0.05) is 25.2 Å². The number of hydrogen-bond acceptors (Lipinski definition) is 6. The van der Waals surface area contributed by atoms with Crippen molar-refractivity contribution in [3.05, 3.63) is 33.1 Å². The van der Waals surface area contributed by atoms with Crippen LogP contribution in [0.3, 0.4) is 0 Å². The normalized spacial score (nSPS) is 17.0. The van der Waals surface area contributed by atoms with Crippen LogP contribution in [-0.4, -0.2) is 34.3 Å². The van der Waals surface area contributed by atoms with E-state index in [1.807, 2.05) is 6.07 Å². The lowest BCUT2D eigenvalue weighted by atomic mass is 10.0. The molecule has 0 unspecified atom stereocenters. The number of aliphatic hydroxyl groups is 1. The molecule has 1 saturated heterocycles. The van der Waals surface area contributed by atoms with E-state index in [0.717, 1.165) is 53.0 Å². The van der Waals surface area contributed by atoms with E-state index in [2.05, 4.69) is 17.9 Å². The molecule has 2 N–H and O–H groups in total. The Labute approximate surface area is 142 Å². The Morgan fingerprint density at radius 2 is 2.00 bits per heavy atom. The van der Waals surface area contributed by atoms with Crippen molar-refractivity contribution in [2.75, 3.05) is 13.1 Å². The van der Waals surface area contributed by atoms with Gasteiger partial charge in [0.15, 0.2) is 0 Å². The Hall–Kier alpha value is -0.790. The Kier molecular flexibility index (Phi) is 4.94. The number of phenolic OH excluding ortho intramolecular Hbond substituents is 1. The Bertz CT molecular complexity index is 714. The minimum Gasteiger partial charge on any atom is -0.508 e. The summed E-state index contributed by atoms with van der Waals surface area (Å²) in [5, 5.41) is 19.7. The number of aromatic hydroxyl groups is 1. The summed E-state index contributed by atoms with van der Waals surface area (Å²) in [5.74, 6) is 0.339. The molecule has 2 aromatic rings. The Balaban J connectivity index is 1.84.